The summed E-state index contributed by atoms with van der Waals surface area (Å²) >= 11 is 3.37. The summed E-state index contributed by atoms with van der Waals surface area (Å²) in [6.07, 6.45) is 0. The van der Waals surface area contributed by atoms with Crippen molar-refractivity contribution in [3.63, 3.8) is 0 Å². The monoisotopic (exact) mass is 253 g/mol. The Bertz CT molecular complexity index is 560. The molecule has 3 nitrogen and oxygen atoms in total. The van der Waals surface area contributed by atoms with Gasteiger partial charge in [-0.2, -0.15) is 0 Å². The maximum absolute atomic E-state index is 11.5. The fourth-order valence-electron chi connectivity index (χ4n) is 1.37. The summed E-state index contributed by atoms with van der Waals surface area (Å²) in [6.45, 7) is 3.58. The Hall–Kier alpha value is -1.16. The highest BCUT2D eigenvalue weighted by Crippen LogP contribution is 2.21. The van der Waals surface area contributed by atoms with Crippen molar-refractivity contribution in [2.75, 3.05) is 0 Å². The maximum atomic E-state index is 11.5. The zero-order valence-corrected chi connectivity index (χ0v) is 9.38. The van der Waals surface area contributed by atoms with Gasteiger partial charge in [0, 0.05) is 11.4 Å². The lowest BCUT2D eigenvalue weighted by molar-refractivity contribution is 0.467. The number of aromatic nitrogens is 1. The summed E-state index contributed by atoms with van der Waals surface area (Å²) in [7, 11) is 0. The largest absolute Gasteiger partial charge is 0.408 e. The lowest BCUT2D eigenvalue weighted by Gasteiger charge is -2.01. The third kappa shape index (κ3) is 1.46. The molecule has 0 radical (unpaired) electrons. The van der Waals surface area contributed by atoms with Crippen LogP contribution in [0, 0.1) is 13.8 Å². The van der Waals surface area contributed by atoms with Crippen LogP contribution in [-0.4, -0.2) is 4.98 Å². The molecule has 0 aliphatic rings. The van der Waals surface area contributed by atoms with Gasteiger partial charge in [-0.05, 0) is 40.5 Å². The second-order valence-corrected chi connectivity index (χ2v) is 4.02. The summed E-state index contributed by atoms with van der Waals surface area (Å²) in [5.41, 5.74) is 1.32. The van der Waals surface area contributed by atoms with Gasteiger partial charge in [-0.1, -0.05) is 0 Å². The van der Waals surface area contributed by atoms with Gasteiger partial charge in [0.1, 0.15) is 0 Å². The second-order valence-electron chi connectivity index (χ2n) is 3.16. The molecule has 0 spiro atoms. The van der Waals surface area contributed by atoms with Gasteiger partial charge in [0.25, 0.3) is 0 Å². The standard InChI is InChI=1S/C10H8BrNO2/c1-5-3-7-9(8(11)4-5)12-6(2)14-10(7)13/h3-4H,1-2H3. The van der Waals surface area contributed by atoms with Crippen LogP contribution < -0.4 is 5.63 Å². The van der Waals surface area contributed by atoms with E-state index in [0.29, 0.717) is 16.8 Å². The van der Waals surface area contributed by atoms with Crippen molar-refractivity contribution in [3.05, 3.63) is 38.5 Å². The van der Waals surface area contributed by atoms with Crippen molar-refractivity contribution in [1.82, 2.24) is 4.98 Å². The average Bonchev–Trinajstić information content (AvgIpc) is 2.07. The van der Waals surface area contributed by atoms with Crippen LogP contribution in [0.15, 0.2) is 25.8 Å². The highest BCUT2D eigenvalue weighted by atomic mass is 79.9. The molecule has 0 unspecified atom stereocenters. The van der Waals surface area contributed by atoms with Crippen molar-refractivity contribution in [3.8, 4) is 0 Å². The molecule has 0 aliphatic carbocycles. The number of hydrogen-bond donors (Lipinski definition) is 0. The van der Waals surface area contributed by atoms with E-state index in [1.165, 1.54) is 0 Å². The van der Waals surface area contributed by atoms with Crippen molar-refractivity contribution in [2.45, 2.75) is 13.8 Å². The number of fused-ring (bicyclic) bond motifs is 1. The number of aryl methyl sites for hydroxylation is 2. The normalized spacial score (nSPS) is 10.8. The smallest absolute Gasteiger partial charge is 0.346 e. The fourth-order valence-corrected chi connectivity index (χ4v) is 2.04. The molecular weight excluding hydrogens is 246 g/mol. The SMILES string of the molecule is Cc1cc(Br)c2nc(C)oc(=O)c2c1. The van der Waals surface area contributed by atoms with E-state index in [1.54, 1.807) is 13.0 Å². The minimum absolute atomic E-state index is 0.336. The van der Waals surface area contributed by atoms with E-state index >= 15 is 0 Å². The molecule has 0 aliphatic heterocycles. The Kier molecular flexibility index (Phi) is 2.15. The first kappa shape index (κ1) is 9.40. The second kappa shape index (κ2) is 3.20. The third-order valence-corrected chi connectivity index (χ3v) is 2.54. The minimum Gasteiger partial charge on any atom is -0.408 e. The van der Waals surface area contributed by atoms with Gasteiger partial charge in [-0.15, -0.1) is 0 Å². The van der Waals surface area contributed by atoms with Crippen molar-refractivity contribution < 1.29 is 4.42 Å². The van der Waals surface area contributed by atoms with Crippen molar-refractivity contribution in [1.29, 1.82) is 0 Å². The molecule has 0 fully saturated rings. The van der Waals surface area contributed by atoms with Crippen LogP contribution in [0.5, 0.6) is 0 Å². The van der Waals surface area contributed by atoms with Crippen LogP contribution in [-0.2, 0) is 0 Å². The number of rotatable bonds is 0. The lowest BCUT2D eigenvalue weighted by atomic mass is 10.2. The van der Waals surface area contributed by atoms with Crippen LogP contribution in [0.25, 0.3) is 10.9 Å². The van der Waals surface area contributed by atoms with Gasteiger partial charge in [-0.3, -0.25) is 0 Å². The van der Waals surface area contributed by atoms with Crippen LogP contribution in [0.4, 0.5) is 0 Å². The molecule has 0 saturated heterocycles. The topological polar surface area (TPSA) is 43.1 Å². The number of nitrogens with zero attached hydrogens (tertiary/aromatic N) is 1. The van der Waals surface area contributed by atoms with E-state index in [4.69, 9.17) is 4.42 Å². The highest BCUT2D eigenvalue weighted by molar-refractivity contribution is 9.10. The van der Waals surface area contributed by atoms with Gasteiger partial charge < -0.3 is 4.42 Å². The molecule has 72 valence electrons. The first-order valence-corrected chi connectivity index (χ1v) is 4.95. The van der Waals surface area contributed by atoms with Crippen LogP contribution in [0.3, 0.4) is 0 Å². The van der Waals surface area contributed by atoms with Gasteiger partial charge >= 0.3 is 5.63 Å². The number of benzene rings is 1. The molecule has 14 heavy (non-hydrogen) atoms. The summed E-state index contributed by atoms with van der Waals surface area (Å²) in [5, 5.41) is 0.516. The summed E-state index contributed by atoms with van der Waals surface area (Å²) in [5.74, 6) is 0.382. The van der Waals surface area contributed by atoms with E-state index in [1.807, 2.05) is 13.0 Å². The summed E-state index contributed by atoms with van der Waals surface area (Å²) in [4.78, 5) is 15.6. The number of halogens is 1. The van der Waals surface area contributed by atoms with Crippen LogP contribution >= 0.6 is 15.9 Å². The molecule has 0 amide bonds. The Morgan fingerprint density at radius 3 is 2.79 bits per heavy atom. The molecule has 1 aromatic heterocycles. The first-order chi connectivity index (χ1) is 6.58. The lowest BCUT2D eigenvalue weighted by Crippen LogP contribution is -2.03. The van der Waals surface area contributed by atoms with E-state index in [0.717, 1.165) is 10.0 Å². The average molecular weight is 254 g/mol. The van der Waals surface area contributed by atoms with Crippen molar-refractivity contribution in [2.24, 2.45) is 0 Å². The first-order valence-electron chi connectivity index (χ1n) is 4.15. The molecule has 2 aromatic rings. The predicted octanol–water partition coefficient (Wildman–Crippen LogP) is 2.57. The Balaban J connectivity index is 3.02. The maximum Gasteiger partial charge on any atom is 0.346 e. The van der Waals surface area contributed by atoms with E-state index in [2.05, 4.69) is 20.9 Å². The zero-order chi connectivity index (χ0) is 10.3. The Labute approximate surface area is 88.9 Å². The van der Waals surface area contributed by atoms with Crippen LogP contribution in [0.2, 0.25) is 0 Å². The molecule has 2 rings (SSSR count). The van der Waals surface area contributed by atoms with E-state index in [-0.39, 0.29) is 5.63 Å². The van der Waals surface area contributed by atoms with Gasteiger partial charge in [-0.25, -0.2) is 9.78 Å². The third-order valence-electron chi connectivity index (χ3n) is 1.94. The molecule has 0 atom stereocenters. The van der Waals surface area contributed by atoms with Crippen molar-refractivity contribution >= 4 is 26.8 Å². The quantitative estimate of drug-likeness (QED) is 0.725. The molecule has 4 heteroatoms. The molecule has 1 aromatic carbocycles. The highest BCUT2D eigenvalue weighted by Gasteiger charge is 2.07. The van der Waals surface area contributed by atoms with E-state index in [9.17, 15) is 4.79 Å². The molecule has 0 saturated carbocycles. The van der Waals surface area contributed by atoms with Crippen LogP contribution in [0.1, 0.15) is 11.5 Å². The summed E-state index contributed by atoms with van der Waals surface area (Å²) in [6, 6.07) is 3.70. The summed E-state index contributed by atoms with van der Waals surface area (Å²) < 4.78 is 5.74. The predicted molar refractivity (Wildman–Crippen MR) is 57.5 cm³/mol. The Morgan fingerprint density at radius 2 is 2.07 bits per heavy atom. The number of hydrogen-bond acceptors (Lipinski definition) is 3. The van der Waals surface area contributed by atoms with Gasteiger partial charge in [0.05, 0.1) is 10.9 Å². The van der Waals surface area contributed by atoms with Gasteiger partial charge in [0.15, 0.2) is 5.89 Å². The zero-order valence-electron chi connectivity index (χ0n) is 7.80. The molecular formula is C10H8BrNO2. The van der Waals surface area contributed by atoms with Gasteiger partial charge in [0.2, 0.25) is 0 Å². The molecule has 0 bridgehead atoms. The fraction of sp³-hybridized carbons (Fsp3) is 0.200. The van der Waals surface area contributed by atoms with E-state index < -0.39 is 0 Å². The molecule has 1 heterocycles. The molecule has 0 N–H and O–H groups in total. The minimum atomic E-state index is -0.336. The Morgan fingerprint density at radius 1 is 1.36 bits per heavy atom.